The van der Waals surface area contributed by atoms with Crippen molar-refractivity contribution in [2.24, 2.45) is 0 Å². The van der Waals surface area contributed by atoms with E-state index in [-0.39, 0.29) is 5.92 Å². The van der Waals surface area contributed by atoms with E-state index in [9.17, 15) is 13.2 Å². The summed E-state index contributed by atoms with van der Waals surface area (Å²) in [5, 5.41) is 0. The molecule has 90 valence electrons. The van der Waals surface area contributed by atoms with Crippen molar-refractivity contribution in [1.82, 2.24) is 0 Å². The van der Waals surface area contributed by atoms with Crippen molar-refractivity contribution in [2.45, 2.75) is 30.8 Å². The van der Waals surface area contributed by atoms with Gasteiger partial charge in [0.1, 0.15) is 0 Å². The largest absolute Gasteiger partial charge is 0.416 e. The minimum absolute atomic E-state index is 0.154. The molecule has 0 saturated carbocycles. The third kappa shape index (κ3) is 3.15. The van der Waals surface area contributed by atoms with E-state index >= 15 is 0 Å². The molecular formula is C11H13F3OS. The Kier molecular flexibility index (Phi) is 4.27. The fourth-order valence-electron chi connectivity index (χ4n) is 1.43. The highest BCUT2D eigenvalue weighted by Gasteiger charge is 2.34. The molecule has 0 fully saturated rings. The second-order valence-corrected chi connectivity index (χ2v) is 4.62. The predicted octanol–water partition coefficient (Wildman–Crippen LogP) is 4.48. The van der Waals surface area contributed by atoms with Crippen LogP contribution in [0.2, 0.25) is 0 Å². The molecule has 0 spiro atoms. The van der Waals surface area contributed by atoms with Crippen LogP contribution in [0.5, 0.6) is 0 Å². The Labute approximate surface area is 97.2 Å². The molecule has 5 heteroatoms. The second-order valence-electron chi connectivity index (χ2n) is 3.65. The van der Waals surface area contributed by atoms with E-state index in [4.69, 9.17) is 4.18 Å². The van der Waals surface area contributed by atoms with Crippen LogP contribution in [0, 0.1) is 0 Å². The van der Waals surface area contributed by atoms with Crippen molar-refractivity contribution < 1.29 is 17.4 Å². The summed E-state index contributed by atoms with van der Waals surface area (Å²) in [6, 6.07) is 4.27. The van der Waals surface area contributed by atoms with Crippen LogP contribution in [0.15, 0.2) is 23.1 Å². The third-order valence-electron chi connectivity index (χ3n) is 2.13. The number of hydrogen-bond acceptors (Lipinski definition) is 2. The van der Waals surface area contributed by atoms with Gasteiger partial charge in [0.15, 0.2) is 0 Å². The van der Waals surface area contributed by atoms with Crippen LogP contribution in [-0.2, 0) is 10.4 Å². The average Bonchev–Trinajstić information content (AvgIpc) is 2.16. The zero-order valence-electron chi connectivity index (χ0n) is 9.26. The first-order valence-electron chi connectivity index (χ1n) is 4.78. The van der Waals surface area contributed by atoms with Crippen LogP contribution in [0.25, 0.3) is 0 Å². The second kappa shape index (κ2) is 5.10. The number of benzene rings is 1. The molecule has 0 saturated heterocycles. The number of halogens is 3. The standard InChI is InChI=1S/C11H13F3OS/c1-7(2)9-5-4-8(16-15-3)6-10(9)11(12,13)14/h4-7H,1-3H3. The molecule has 0 bridgehead atoms. The Morgan fingerprint density at radius 2 is 1.88 bits per heavy atom. The van der Waals surface area contributed by atoms with E-state index in [1.165, 1.54) is 13.2 Å². The summed E-state index contributed by atoms with van der Waals surface area (Å²) in [4.78, 5) is 0.458. The maximum Gasteiger partial charge on any atom is 0.416 e. The smallest absolute Gasteiger partial charge is 0.314 e. The number of hydrogen-bond donors (Lipinski definition) is 0. The molecule has 0 N–H and O–H groups in total. The minimum atomic E-state index is -4.32. The quantitative estimate of drug-likeness (QED) is 0.731. The molecule has 0 unspecified atom stereocenters. The van der Waals surface area contributed by atoms with Gasteiger partial charge in [0.25, 0.3) is 0 Å². The maximum absolute atomic E-state index is 12.8. The van der Waals surface area contributed by atoms with Crippen LogP contribution in [0.3, 0.4) is 0 Å². The first-order chi connectivity index (χ1) is 7.36. The van der Waals surface area contributed by atoms with E-state index in [0.717, 1.165) is 18.1 Å². The SMILES string of the molecule is COSc1ccc(C(C)C)c(C(F)(F)F)c1. The fourth-order valence-corrected chi connectivity index (χ4v) is 1.91. The Morgan fingerprint density at radius 3 is 2.31 bits per heavy atom. The third-order valence-corrected chi connectivity index (χ3v) is 2.74. The van der Waals surface area contributed by atoms with E-state index in [2.05, 4.69) is 0 Å². The van der Waals surface area contributed by atoms with Gasteiger partial charge in [-0.2, -0.15) is 13.2 Å². The van der Waals surface area contributed by atoms with Gasteiger partial charge in [0.2, 0.25) is 0 Å². The summed E-state index contributed by atoms with van der Waals surface area (Å²) in [5.74, 6) is -0.154. The number of rotatable bonds is 3. The number of alkyl halides is 3. The monoisotopic (exact) mass is 250 g/mol. The van der Waals surface area contributed by atoms with Gasteiger partial charge < -0.3 is 4.18 Å². The van der Waals surface area contributed by atoms with Gasteiger partial charge in [-0.1, -0.05) is 19.9 Å². The lowest BCUT2D eigenvalue weighted by Gasteiger charge is -2.16. The Morgan fingerprint density at radius 1 is 1.25 bits per heavy atom. The van der Waals surface area contributed by atoms with Gasteiger partial charge in [-0.25, -0.2) is 0 Å². The van der Waals surface area contributed by atoms with Crippen LogP contribution < -0.4 is 0 Å². The molecule has 0 heterocycles. The molecule has 0 aliphatic rings. The molecule has 0 radical (unpaired) electrons. The van der Waals surface area contributed by atoms with Gasteiger partial charge in [0, 0.05) is 16.9 Å². The average molecular weight is 250 g/mol. The highest BCUT2D eigenvalue weighted by Crippen LogP contribution is 2.37. The van der Waals surface area contributed by atoms with Crippen LogP contribution in [0.1, 0.15) is 30.9 Å². The molecule has 16 heavy (non-hydrogen) atoms. The van der Waals surface area contributed by atoms with Crippen molar-refractivity contribution in [3.05, 3.63) is 29.3 Å². The van der Waals surface area contributed by atoms with Crippen molar-refractivity contribution in [1.29, 1.82) is 0 Å². The van der Waals surface area contributed by atoms with E-state index in [0.29, 0.717) is 10.5 Å². The molecule has 0 aliphatic carbocycles. The van der Waals surface area contributed by atoms with Crippen LogP contribution >= 0.6 is 12.0 Å². The molecule has 0 amide bonds. The van der Waals surface area contributed by atoms with Crippen molar-refractivity contribution in [3.8, 4) is 0 Å². The highest BCUT2D eigenvalue weighted by atomic mass is 32.2. The Hall–Kier alpha value is -0.680. The molecule has 0 aliphatic heterocycles. The van der Waals surface area contributed by atoms with E-state index in [1.54, 1.807) is 19.9 Å². The van der Waals surface area contributed by atoms with Crippen molar-refractivity contribution >= 4 is 12.0 Å². The minimum Gasteiger partial charge on any atom is -0.314 e. The van der Waals surface area contributed by atoms with Gasteiger partial charge in [-0.15, -0.1) is 0 Å². The summed E-state index contributed by atoms with van der Waals surface area (Å²) in [6.45, 7) is 3.49. The highest BCUT2D eigenvalue weighted by molar-refractivity contribution is 7.94. The summed E-state index contributed by atoms with van der Waals surface area (Å²) in [6.07, 6.45) is -4.32. The normalized spacial score (nSPS) is 12.2. The predicted molar refractivity (Wildman–Crippen MR) is 58.4 cm³/mol. The topological polar surface area (TPSA) is 9.23 Å². The fraction of sp³-hybridized carbons (Fsp3) is 0.455. The Balaban J connectivity index is 3.22. The van der Waals surface area contributed by atoms with E-state index < -0.39 is 11.7 Å². The maximum atomic E-state index is 12.8. The molecule has 0 atom stereocenters. The van der Waals surface area contributed by atoms with Gasteiger partial charge in [-0.3, -0.25) is 0 Å². The molecule has 1 aromatic carbocycles. The molecule has 1 nitrogen and oxygen atoms in total. The first kappa shape index (κ1) is 13.4. The van der Waals surface area contributed by atoms with Crippen molar-refractivity contribution in [2.75, 3.05) is 7.11 Å². The Bertz CT molecular complexity index is 361. The molecular weight excluding hydrogens is 237 g/mol. The van der Waals surface area contributed by atoms with Crippen molar-refractivity contribution in [3.63, 3.8) is 0 Å². The zero-order valence-corrected chi connectivity index (χ0v) is 10.1. The van der Waals surface area contributed by atoms with Crippen LogP contribution in [-0.4, -0.2) is 7.11 Å². The zero-order chi connectivity index (χ0) is 12.3. The van der Waals surface area contributed by atoms with Gasteiger partial charge in [0.05, 0.1) is 12.7 Å². The van der Waals surface area contributed by atoms with Crippen LogP contribution in [0.4, 0.5) is 13.2 Å². The summed E-state index contributed by atoms with van der Waals surface area (Å²) in [7, 11) is 1.42. The van der Waals surface area contributed by atoms with Gasteiger partial charge in [-0.05, 0) is 23.6 Å². The summed E-state index contributed by atoms with van der Waals surface area (Å²) >= 11 is 0.926. The lowest BCUT2D eigenvalue weighted by atomic mass is 9.97. The lowest BCUT2D eigenvalue weighted by Crippen LogP contribution is -2.10. The van der Waals surface area contributed by atoms with Gasteiger partial charge >= 0.3 is 6.18 Å². The first-order valence-corrected chi connectivity index (χ1v) is 5.52. The summed E-state index contributed by atoms with van der Waals surface area (Å²) < 4.78 is 43.1. The molecule has 1 aromatic rings. The van der Waals surface area contributed by atoms with E-state index in [1.807, 2.05) is 0 Å². The summed E-state index contributed by atoms with van der Waals surface area (Å²) in [5.41, 5.74) is -0.266. The lowest BCUT2D eigenvalue weighted by molar-refractivity contribution is -0.138. The molecule has 1 rings (SSSR count). The molecule has 0 aromatic heterocycles.